The number of aliphatic hydroxyl groups excluding tert-OH is 1. The number of ether oxygens (including phenoxy) is 2. The Hall–Kier alpha value is -4.47. The Bertz CT molecular complexity index is 2000. The van der Waals surface area contributed by atoms with Crippen LogP contribution < -0.4 is 5.32 Å². The maximum atomic E-state index is 13.1. The first-order valence-corrected chi connectivity index (χ1v) is 22.4. The molecule has 0 radical (unpaired) electrons. The molecule has 8 heteroatoms. The molecule has 1 aliphatic heterocycles. The fraction of sp³-hybridized carbons (Fsp3) is 0.471. The number of para-hydroxylation sites is 2. The minimum absolute atomic E-state index is 0.0149. The van der Waals surface area contributed by atoms with Gasteiger partial charge in [-0.2, -0.15) is 0 Å². The molecular weight excluding hydrogens is 733 g/mol. The molecule has 1 saturated heterocycles. The van der Waals surface area contributed by atoms with Crippen LogP contribution in [0.3, 0.4) is 0 Å². The number of aliphatic hydroxyl groups is 1. The van der Waals surface area contributed by atoms with Crippen molar-refractivity contribution < 1.29 is 19.4 Å². The quantitative estimate of drug-likeness (QED) is 0.0635. The second-order valence-corrected chi connectivity index (χ2v) is 16.4. The van der Waals surface area contributed by atoms with Crippen LogP contribution >= 0.6 is 0 Å². The molecule has 2 heterocycles. The second-order valence-electron chi connectivity index (χ2n) is 16.4. The molecule has 0 bridgehead atoms. The number of unbranched alkanes of at least 4 members (excludes halogenated alkanes) is 10. The zero-order valence-electron chi connectivity index (χ0n) is 35.7. The van der Waals surface area contributed by atoms with Gasteiger partial charge in [0.1, 0.15) is 5.69 Å². The molecule has 0 aliphatic carbocycles. The van der Waals surface area contributed by atoms with Crippen molar-refractivity contribution in [2.24, 2.45) is 5.92 Å². The van der Waals surface area contributed by atoms with E-state index >= 15 is 0 Å². The van der Waals surface area contributed by atoms with Crippen molar-refractivity contribution in [3.05, 3.63) is 131 Å². The lowest BCUT2D eigenvalue weighted by Gasteiger charge is -2.43. The van der Waals surface area contributed by atoms with Gasteiger partial charge in [-0.05, 0) is 78.0 Å². The van der Waals surface area contributed by atoms with Crippen molar-refractivity contribution in [2.45, 2.75) is 129 Å². The van der Waals surface area contributed by atoms with Gasteiger partial charge in [0.2, 0.25) is 0 Å². The largest absolute Gasteiger partial charge is 0.392 e. The normalized spacial score (nSPS) is 18.1. The van der Waals surface area contributed by atoms with Crippen molar-refractivity contribution in [3.63, 3.8) is 0 Å². The lowest BCUT2D eigenvalue weighted by Crippen LogP contribution is -2.45. The third kappa shape index (κ3) is 13.0. The number of rotatable bonds is 23. The molecule has 2 N–H and O–H groups in total. The van der Waals surface area contributed by atoms with E-state index < -0.39 is 6.29 Å². The average Bonchev–Trinajstić information content (AvgIpc) is 3.28. The lowest BCUT2D eigenvalue weighted by atomic mass is 9.89. The molecule has 8 nitrogen and oxygen atoms in total. The van der Waals surface area contributed by atoms with Gasteiger partial charge >= 0.3 is 0 Å². The van der Waals surface area contributed by atoms with Crippen LogP contribution in [0.25, 0.3) is 22.2 Å². The highest BCUT2D eigenvalue weighted by molar-refractivity contribution is 5.93. The number of nitrogens with zero attached hydrogens (tertiary/aromatic N) is 3. The van der Waals surface area contributed by atoms with E-state index in [0.29, 0.717) is 17.8 Å². The Morgan fingerprint density at radius 3 is 2.03 bits per heavy atom. The van der Waals surface area contributed by atoms with E-state index in [1.165, 1.54) is 83.2 Å². The van der Waals surface area contributed by atoms with Crippen molar-refractivity contribution in [2.75, 3.05) is 19.6 Å². The van der Waals surface area contributed by atoms with E-state index in [-0.39, 0.29) is 30.6 Å². The third-order valence-corrected chi connectivity index (χ3v) is 11.8. The number of nitrogens with one attached hydrogen (secondary N) is 1. The van der Waals surface area contributed by atoms with E-state index in [1.54, 1.807) is 0 Å². The summed E-state index contributed by atoms with van der Waals surface area (Å²) in [6.07, 6.45) is 16.2. The van der Waals surface area contributed by atoms with Gasteiger partial charge in [-0.15, -0.1) is 0 Å². The molecule has 1 fully saturated rings. The molecule has 4 aromatic carbocycles. The highest BCUT2D eigenvalue weighted by atomic mass is 16.7. The fourth-order valence-corrected chi connectivity index (χ4v) is 8.17. The molecule has 1 amide bonds. The molecule has 0 unspecified atom stereocenters. The molecule has 4 atom stereocenters. The van der Waals surface area contributed by atoms with Gasteiger partial charge in [-0.1, -0.05) is 158 Å². The first kappa shape index (κ1) is 44.1. The van der Waals surface area contributed by atoms with Crippen molar-refractivity contribution >= 4 is 16.9 Å². The van der Waals surface area contributed by atoms with E-state index in [4.69, 9.17) is 9.47 Å². The number of hydrogen-bond donors (Lipinski definition) is 2. The fourth-order valence-electron chi connectivity index (χ4n) is 8.17. The van der Waals surface area contributed by atoms with Crippen LogP contribution in [-0.2, 0) is 22.6 Å². The molecule has 0 spiro atoms. The van der Waals surface area contributed by atoms with Crippen LogP contribution in [0.5, 0.6) is 0 Å². The predicted molar refractivity (Wildman–Crippen MR) is 239 cm³/mol. The molecule has 59 heavy (non-hydrogen) atoms. The highest BCUT2D eigenvalue weighted by Crippen LogP contribution is 2.42. The average molecular weight is 799 g/mol. The van der Waals surface area contributed by atoms with Crippen LogP contribution in [0.1, 0.15) is 143 Å². The van der Waals surface area contributed by atoms with Crippen molar-refractivity contribution in [3.8, 4) is 11.1 Å². The predicted octanol–water partition coefficient (Wildman–Crippen LogP) is 11.5. The standard InChI is InChI=1S/C51H66N4O4/c1-4-6-8-10-12-16-30-55(31-17-13-11-9-7-5-2)36-48-38(3)49(41-28-26-39(37-56)27-29-41)59-51(58-48)44-23-19-22-43(33-44)42-21-18-20-40(32-42)34-53-50(57)47-35-52-45-24-14-15-25-46(45)54-47/h14-15,18-29,32-33,35,38,48-49,51,56H,4-13,16-17,30-31,34,36-37H2,1-3H3,(H,53,57)/t38-,48+,49+,51+/m0/s1. The number of carbonyl (C=O) groups is 1. The first-order valence-electron chi connectivity index (χ1n) is 22.4. The summed E-state index contributed by atoms with van der Waals surface area (Å²) in [5.74, 6) is -0.136. The smallest absolute Gasteiger partial charge is 0.271 e. The molecule has 0 saturated carbocycles. The van der Waals surface area contributed by atoms with Gasteiger partial charge < -0.3 is 24.8 Å². The third-order valence-electron chi connectivity index (χ3n) is 11.8. The van der Waals surface area contributed by atoms with Crippen LogP contribution in [0.2, 0.25) is 0 Å². The first-order chi connectivity index (χ1) is 28.9. The van der Waals surface area contributed by atoms with E-state index in [2.05, 4.69) is 89.5 Å². The number of benzene rings is 4. The summed E-state index contributed by atoms with van der Waals surface area (Å²) in [5, 5.41) is 12.8. The number of amides is 1. The summed E-state index contributed by atoms with van der Waals surface area (Å²) >= 11 is 0. The molecule has 5 aromatic rings. The minimum Gasteiger partial charge on any atom is -0.392 e. The van der Waals surface area contributed by atoms with Crippen LogP contribution in [0, 0.1) is 5.92 Å². The van der Waals surface area contributed by atoms with Crippen LogP contribution in [0.15, 0.2) is 103 Å². The Kier molecular flexibility index (Phi) is 17.5. The van der Waals surface area contributed by atoms with Crippen LogP contribution in [0.4, 0.5) is 0 Å². The van der Waals surface area contributed by atoms with Gasteiger partial charge in [-0.3, -0.25) is 9.78 Å². The zero-order chi connectivity index (χ0) is 41.2. The van der Waals surface area contributed by atoms with Crippen molar-refractivity contribution in [1.82, 2.24) is 20.2 Å². The van der Waals surface area contributed by atoms with Gasteiger partial charge in [0.05, 0.1) is 36.0 Å². The Morgan fingerprint density at radius 2 is 1.34 bits per heavy atom. The van der Waals surface area contributed by atoms with Gasteiger partial charge in [0.15, 0.2) is 6.29 Å². The van der Waals surface area contributed by atoms with Crippen LogP contribution in [-0.4, -0.2) is 51.6 Å². The van der Waals surface area contributed by atoms with Gasteiger partial charge in [0, 0.05) is 24.6 Å². The zero-order valence-corrected chi connectivity index (χ0v) is 35.7. The van der Waals surface area contributed by atoms with Gasteiger partial charge in [0.25, 0.3) is 5.91 Å². The lowest BCUT2D eigenvalue weighted by molar-refractivity contribution is -0.276. The number of carbonyl (C=O) groups excluding carboxylic acids is 1. The molecule has 6 rings (SSSR count). The van der Waals surface area contributed by atoms with E-state index in [9.17, 15) is 9.90 Å². The summed E-state index contributed by atoms with van der Waals surface area (Å²) in [6, 6.07) is 32.5. The summed E-state index contributed by atoms with van der Waals surface area (Å²) < 4.78 is 13.9. The van der Waals surface area contributed by atoms with E-state index in [1.807, 2.05) is 48.5 Å². The molecular formula is C51H66N4O4. The summed E-state index contributed by atoms with van der Waals surface area (Å²) in [6.45, 7) is 10.3. The Labute approximate surface area is 352 Å². The maximum absolute atomic E-state index is 13.1. The number of fused-ring (bicyclic) bond motifs is 1. The monoisotopic (exact) mass is 799 g/mol. The summed E-state index contributed by atoms with van der Waals surface area (Å²) in [7, 11) is 0. The molecule has 1 aromatic heterocycles. The second kappa shape index (κ2) is 23.4. The molecule has 1 aliphatic rings. The summed E-state index contributed by atoms with van der Waals surface area (Å²) in [4.78, 5) is 24.6. The maximum Gasteiger partial charge on any atom is 0.271 e. The van der Waals surface area contributed by atoms with Gasteiger partial charge in [-0.25, -0.2) is 4.98 Å². The number of hydrogen-bond acceptors (Lipinski definition) is 7. The van der Waals surface area contributed by atoms with E-state index in [0.717, 1.165) is 58.5 Å². The SMILES string of the molecule is CCCCCCCCN(CCCCCCCC)C[C@H]1O[C@@H](c2cccc(-c3cccc(CNC(=O)c4cnc5ccccc5n4)c3)c2)O[C@@H](c2ccc(CO)cc2)[C@H]1C. The van der Waals surface area contributed by atoms with Crippen molar-refractivity contribution in [1.29, 1.82) is 0 Å². The summed E-state index contributed by atoms with van der Waals surface area (Å²) in [5.41, 5.74) is 7.80. The minimum atomic E-state index is -0.547. The number of aromatic nitrogens is 2. The Morgan fingerprint density at radius 1 is 0.695 bits per heavy atom. The Balaban J connectivity index is 1.18. The molecule has 314 valence electrons. The topological polar surface area (TPSA) is 96.8 Å². The highest BCUT2D eigenvalue weighted by Gasteiger charge is 2.39.